The molecule has 0 spiro atoms. The molecule has 152 valence electrons. The lowest BCUT2D eigenvalue weighted by Gasteiger charge is -2.40. The number of carbonyl (C=O) groups is 3. The molecule has 0 aliphatic carbocycles. The Morgan fingerprint density at radius 3 is 2.39 bits per heavy atom. The van der Waals surface area contributed by atoms with Crippen molar-refractivity contribution < 1.29 is 19.5 Å². The maximum Gasteiger partial charge on any atom is 0.313 e. The molecule has 28 heavy (non-hydrogen) atoms. The Morgan fingerprint density at radius 2 is 1.75 bits per heavy atom. The predicted molar refractivity (Wildman–Crippen MR) is 104 cm³/mol. The highest BCUT2D eigenvalue weighted by Crippen LogP contribution is 2.27. The number of benzene rings is 1. The molecule has 2 aliphatic heterocycles. The van der Waals surface area contributed by atoms with Gasteiger partial charge in [-0.2, -0.15) is 0 Å². The summed E-state index contributed by atoms with van der Waals surface area (Å²) in [6.07, 6.45) is 2.49. The van der Waals surface area contributed by atoms with E-state index >= 15 is 0 Å². The van der Waals surface area contributed by atoms with Gasteiger partial charge in [-0.3, -0.25) is 14.4 Å². The largest absolute Gasteiger partial charge is 0.393 e. The highest BCUT2D eigenvalue weighted by Gasteiger charge is 2.41. The lowest BCUT2D eigenvalue weighted by atomic mass is 10.00. The average molecular weight is 387 g/mol. The number of amides is 3. The first kappa shape index (κ1) is 20.3. The number of rotatable bonds is 6. The van der Waals surface area contributed by atoms with E-state index in [0.29, 0.717) is 51.1 Å². The van der Waals surface area contributed by atoms with E-state index in [1.165, 1.54) is 4.90 Å². The number of hydrogen-bond acceptors (Lipinski definition) is 4. The molecule has 0 radical (unpaired) electrons. The molecule has 2 saturated heterocycles. The van der Waals surface area contributed by atoms with Crippen molar-refractivity contribution in [3.63, 3.8) is 0 Å². The van der Waals surface area contributed by atoms with Crippen LogP contribution in [0.3, 0.4) is 0 Å². The Kier molecular flexibility index (Phi) is 6.67. The molecular formula is C21H29N3O4. The normalized spacial score (nSPS) is 19.9. The second-order valence-corrected chi connectivity index (χ2v) is 7.51. The highest BCUT2D eigenvalue weighted by molar-refractivity contribution is 6.35. The Bertz CT molecular complexity index is 701. The zero-order chi connectivity index (χ0) is 20.1. The fourth-order valence-electron chi connectivity index (χ4n) is 3.85. The maximum atomic E-state index is 13.3. The Labute approximate surface area is 165 Å². The summed E-state index contributed by atoms with van der Waals surface area (Å²) < 4.78 is 0. The van der Waals surface area contributed by atoms with E-state index < -0.39 is 17.9 Å². The second-order valence-electron chi connectivity index (χ2n) is 7.51. The topological polar surface area (TPSA) is 81.2 Å². The van der Waals surface area contributed by atoms with Gasteiger partial charge in [-0.25, -0.2) is 0 Å². The molecule has 1 aromatic carbocycles. The van der Waals surface area contributed by atoms with Crippen molar-refractivity contribution in [1.29, 1.82) is 0 Å². The van der Waals surface area contributed by atoms with Gasteiger partial charge in [0.1, 0.15) is 6.04 Å². The average Bonchev–Trinajstić information content (AvgIpc) is 2.72. The molecule has 1 aromatic rings. The number of hydrogen-bond donors (Lipinski definition) is 1. The number of likely N-dealkylation sites (tertiary alicyclic amines) is 1. The van der Waals surface area contributed by atoms with Gasteiger partial charge in [0.15, 0.2) is 0 Å². The molecule has 1 atom stereocenters. The minimum Gasteiger partial charge on any atom is -0.393 e. The summed E-state index contributed by atoms with van der Waals surface area (Å²) >= 11 is 0. The van der Waals surface area contributed by atoms with Crippen LogP contribution in [0.15, 0.2) is 30.3 Å². The van der Waals surface area contributed by atoms with E-state index in [0.717, 1.165) is 12.8 Å². The zero-order valence-electron chi connectivity index (χ0n) is 16.4. The lowest BCUT2D eigenvalue weighted by molar-refractivity contribution is -0.161. The molecule has 0 bridgehead atoms. The third-order valence-corrected chi connectivity index (χ3v) is 5.56. The molecule has 7 nitrogen and oxygen atoms in total. The summed E-state index contributed by atoms with van der Waals surface area (Å²) in [5.41, 5.74) is 0.710. The number of unbranched alkanes of at least 4 members (excludes halogenated alkanes) is 1. The SMILES string of the molecule is CCCCN1CCN(C(C(=O)N2CCC(O)CC2)c2ccccc2)C(=O)C1=O. The molecule has 3 amide bonds. The van der Waals surface area contributed by atoms with Crippen molar-refractivity contribution in [2.45, 2.75) is 44.8 Å². The van der Waals surface area contributed by atoms with Crippen LogP contribution in [0.25, 0.3) is 0 Å². The van der Waals surface area contributed by atoms with E-state index in [9.17, 15) is 19.5 Å². The smallest absolute Gasteiger partial charge is 0.313 e. The lowest BCUT2D eigenvalue weighted by Crippen LogP contribution is -2.58. The van der Waals surface area contributed by atoms with Crippen LogP contribution in [0.5, 0.6) is 0 Å². The van der Waals surface area contributed by atoms with Crippen LogP contribution in [0.2, 0.25) is 0 Å². The quantitative estimate of drug-likeness (QED) is 0.744. The van der Waals surface area contributed by atoms with Gasteiger partial charge in [0, 0.05) is 32.7 Å². The van der Waals surface area contributed by atoms with Crippen LogP contribution in [0.4, 0.5) is 0 Å². The third kappa shape index (κ3) is 4.35. The second kappa shape index (κ2) is 9.19. The van der Waals surface area contributed by atoms with Gasteiger partial charge in [-0.15, -0.1) is 0 Å². The molecule has 1 N–H and O–H groups in total. The summed E-state index contributed by atoms with van der Waals surface area (Å²) in [5, 5.41) is 9.74. The first-order chi connectivity index (χ1) is 13.5. The summed E-state index contributed by atoms with van der Waals surface area (Å²) in [6.45, 7) is 4.32. The fraction of sp³-hybridized carbons (Fsp3) is 0.571. The van der Waals surface area contributed by atoms with Crippen LogP contribution >= 0.6 is 0 Å². The summed E-state index contributed by atoms with van der Waals surface area (Å²) in [6, 6.07) is 8.36. The first-order valence-electron chi connectivity index (χ1n) is 10.1. The minimum atomic E-state index is -0.804. The third-order valence-electron chi connectivity index (χ3n) is 5.56. The molecule has 2 aliphatic rings. The van der Waals surface area contributed by atoms with Crippen molar-refractivity contribution in [3.8, 4) is 0 Å². The van der Waals surface area contributed by atoms with E-state index in [4.69, 9.17) is 0 Å². The Balaban J connectivity index is 1.83. The summed E-state index contributed by atoms with van der Waals surface area (Å²) in [7, 11) is 0. The molecule has 7 heteroatoms. The van der Waals surface area contributed by atoms with E-state index in [1.807, 2.05) is 37.3 Å². The van der Waals surface area contributed by atoms with Crippen molar-refractivity contribution in [3.05, 3.63) is 35.9 Å². The van der Waals surface area contributed by atoms with Gasteiger partial charge in [0.2, 0.25) is 5.91 Å². The monoisotopic (exact) mass is 387 g/mol. The van der Waals surface area contributed by atoms with Crippen LogP contribution in [-0.2, 0) is 14.4 Å². The number of aliphatic hydroxyl groups is 1. The minimum absolute atomic E-state index is 0.179. The molecule has 0 saturated carbocycles. The number of carbonyl (C=O) groups excluding carboxylic acids is 3. The highest BCUT2D eigenvalue weighted by atomic mass is 16.3. The van der Waals surface area contributed by atoms with Gasteiger partial charge in [0.25, 0.3) is 0 Å². The zero-order valence-corrected chi connectivity index (χ0v) is 16.4. The van der Waals surface area contributed by atoms with Crippen LogP contribution in [0.1, 0.15) is 44.2 Å². The standard InChI is InChI=1S/C21H29N3O4/c1-2-3-11-22-14-15-24(21(28)20(22)27)18(16-7-5-4-6-8-16)19(26)23-12-9-17(25)10-13-23/h4-8,17-18,25H,2-3,9-15H2,1H3. The van der Waals surface area contributed by atoms with Gasteiger partial charge in [-0.05, 0) is 24.8 Å². The molecule has 2 fully saturated rings. The van der Waals surface area contributed by atoms with Gasteiger partial charge in [-0.1, -0.05) is 43.7 Å². The van der Waals surface area contributed by atoms with Crippen molar-refractivity contribution in [2.24, 2.45) is 0 Å². The van der Waals surface area contributed by atoms with Crippen LogP contribution in [0, 0.1) is 0 Å². The van der Waals surface area contributed by atoms with Crippen LogP contribution < -0.4 is 0 Å². The number of piperazine rings is 1. The molecule has 2 heterocycles. The van der Waals surface area contributed by atoms with Crippen molar-refractivity contribution in [1.82, 2.24) is 14.7 Å². The van der Waals surface area contributed by atoms with Gasteiger partial charge >= 0.3 is 11.8 Å². The Morgan fingerprint density at radius 1 is 1.07 bits per heavy atom. The molecule has 0 aromatic heterocycles. The molecule has 1 unspecified atom stereocenters. The van der Waals surface area contributed by atoms with Gasteiger partial charge in [0.05, 0.1) is 6.10 Å². The van der Waals surface area contributed by atoms with E-state index in [1.54, 1.807) is 9.80 Å². The maximum absolute atomic E-state index is 13.3. The summed E-state index contributed by atoms with van der Waals surface area (Å²) in [5.74, 6) is -1.31. The van der Waals surface area contributed by atoms with Gasteiger partial charge < -0.3 is 19.8 Å². The van der Waals surface area contributed by atoms with Crippen molar-refractivity contribution in [2.75, 3.05) is 32.7 Å². The van der Waals surface area contributed by atoms with Crippen LogP contribution in [-0.4, -0.2) is 76.4 Å². The number of aliphatic hydroxyl groups excluding tert-OH is 1. The summed E-state index contributed by atoms with van der Waals surface area (Å²) in [4.78, 5) is 43.5. The van der Waals surface area contributed by atoms with E-state index in [-0.39, 0.29) is 12.0 Å². The predicted octanol–water partition coefficient (Wildman–Crippen LogP) is 1.18. The number of nitrogens with zero attached hydrogens (tertiary/aromatic N) is 3. The van der Waals surface area contributed by atoms with E-state index in [2.05, 4.69) is 0 Å². The fourth-order valence-corrected chi connectivity index (χ4v) is 3.85. The Hall–Kier alpha value is -2.41. The number of piperidine rings is 1. The van der Waals surface area contributed by atoms with Crippen molar-refractivity contribution >= 4 is 17.7 Å². The molecule has 3 rings (SSSR count). The first-order valence-corrected chi connectivity index (χ1v) is 10.1. The molecular weight excluding hydrogens is 358 g/mol.